The lowest BCUT2D eigenvalue weighted by Gasteiger charge is -2.10. The largest absolute Gasteiger partial charge is 0.298 e. The van der Waals surface area contributed by atoms with E-state index in [1.165, 1.54) is 55.3 Å². The highest BCUT2D eigenvalue weighted by Gasteiger charge is 2.29. The topological polar surface area (TPSA) is 30.2 Å². The number of hydrogen-bond acceptors (Lipinski definition) is 2. The molecule has 0 fully saturated rings. The summed E-state index contributed by atoms with van der Waals surface area (Å²) in [7, 11) is 0. The zero-order valence-corrected chi connectivity index (χ0v) is 16.8. The molecule has 3 aromatic carbocycles. The molecule has 3 aromatic heterocycles. The Labute approximate surface area is 178 Å². The average Bonchev–Trinajstić information content (AvgIpc) is 3.52. The first kappa shape index (κ1) is 15.8. The molecule has 0 N–H and O–H groups in total. The van der Waals surface area contributed by atoms with Crippen LogP contribution in [0.1, 0.15) is 22.3 Å². The van der Waals surface area contributed by atoms with Gasteiger partial charge in [0.05, 0.1) is 11.0 Å². The second kappa shape index (κ2) is 5.38. The van der Waals surface area contributed by atoms with Crippen LogP contribution in [-0.2, 0) is 12.8 Å². The molecule has 0 spiro atoms. The van der Waals surface area contributed by atoms with Gasteiger partial charge in [0.25, 0.3) is 0 Å². The minimum Gasteiger partial charge on any atom is -0.298 e. The van der Waals surface area contributed by atoms with Gasteiger partial charge in [0, 0.05) is 29.4 Å². The second-order valence-electron chi connectivity index (χ2n) is 8.68. The Morgan fingerprint density at radius 3 is 2.65 bits per heavy atom. The van der Waals surface area contributed by atoms with E-state index in [1.807, 2.05) is 24.7 Å². The number of pyridine rings is 2. The van der Waals surface area contributed by atoms with Gasteiger partial charge in [-0.3, -0.25) is 9.38 Å². The summed E-state index contributed by atoms with van der Waals surface area (Å²) in [6.45, 7) is 0. The first-order chi connectivity index (χ1) is 15.4. The van der Waals surface area contributed by atoms with E-state index in [0.29, 0.717) is 0 Å². The van der Waals surface area contributed by atoms with Gasteiger partial charge in [-0.2, -0.15) is 0 Å². The molecule has 3 heterocycles. The Kier molecular flexibility index (Phi) is 2.74. The number of rotatable bonds is 0. The van der Waals surface area contributed by atoms with Crippen LogP contribution >= 0.6 is 0 Å². The van der Waals surface area contributed by atoms with Gasteiger partial charge in [0.15, 0.2) is 0 Å². The number of aromatic nitrogens is 3. The number of imidazole rings is 1. The summed E-state index contributed by atoms with van der Waals surface area (Å²) in [5, 5.41) is 2.36. The lowest BCUT2D eigenvalue weighted by atomic mass is 9.95. The van der Waals surface area contributed by atoms with E-state index in [4.69, 9.17) is 9.97 Å². The van der Waals surface area contributed by atoms with Crippen LogP contribution in [0.25, 0.3) is 49.7 Å². The fourth-order valence-corrected chi connectivity index (χ4v) is 5.85. The molecule has 0 amide bonds. The summed E-state index contributed by atoms with van der Waals surface area (Å²) in [4.78, 5) is 9.45. The third-order valence-corrected chi connectivity index (χ3v) is 7.15. The maximum absolute atomic E-state index is 4.76. The van der Waals surface area contributed by atoms with Crippen molar-refractivity contribution in [3.05, 3.63) is 102 Å². The van der Waals surface area contributed by atoms with Crippen molar-refractivity contribution in [1.29, 1.82) is 0 Å². The van der Waals surface area contributed by atoms with Gasteiger partial charge in [-0.15, -0.1) is 0 Å². The number of hydrogen-bond donors (Lipinski definition) is 0. The van der Waals surface area contributed by atoms with E-state index >= 15 is 0 Å². The van der Waals surface area contributed by atoms with Crippen molar-refractivity contribution < 1.29 is 0 Å². The Morgan fingerprint density at radius 2 is 1.65 bits per heavy atom. The maximum atomic E-state index is 4.76. The molecule has 3 nitrogen and oxygen atoms in total. The molecule has 2 aliphatic carbocycles. The van der Waals surface area contributed by atoms with Gasteiger partial charge in [-0.05, 0) is 81.6 Å². The monoisotopic (exact) mass is 395 g/mol. The summed E-state index contributed by atoms with van der Waals surface area (Å²) in [5.41, 5.74) is 14.5. The summed E-state index contributed by atoms with van der Waals surface area (Å²) < 4.78 is 2.16. The predicted octanol–water partition coefficient (Wildman–Crippen LogP) is 6.18. The zero-order chi connectivity index (χ0) is 20.1. The maximum Gasteiger partial charge on any atom is 0.145 e. The quantitative estimate of drug-likeness (QED) is 0.287. The number of fused-ring (bicyclic) bond motifs is 13. The molecular weight excluding hydrogens is 378 g/mol. The van der Waals surface area contributed by atoms with Gasteiger partial charge >= 0.3 is 0 Å². The number of benzene rings is 3. The highest BCUT2D eigenvalue weighted by Crippen LogP contribution is 2.48. The summed E-state index contributed by atoms with van der Waals surface area (Å²) in [6, 6.07) is 22.4. The van der Waals surface area contributed by atoms with Crippen molar-refractivity contribution in [3.8, 4) is 22.3 Å². The molecule has 2 aliphatic rings. The first-order valence-corrected chi connectivity index (χ1v) is 10.8. The van der Waals surface area contributed by atoms with Gasteiger partial charge in [-0.1, -0.05) is 36.4 Å². The Hall–Kier alpha value is -3.98. The molecule has 6 aromatic rings. The van der Waals surface area contributed by atoms with E-state index in [2.05, 4.69) is 59.0 Å². The lowest BCUT2D eigenvalue weighted by Crippen LogP contribution is -1.93. The van der Waals surface area contributed by atoms with Crippen LogP contribution in [0, 0.1) is 0 Å². The predicted molar refractivity (Wildman–Crippen MR) is 124 cm³/mol. The third-order valence-electron chi connectivity index (χ3n) is 7.15. The molecule has 0 aliphatic heterocycles. The van der Waals surface area contributed by atoms with Gasteiger partial charge in [-0.25, -0.2) is 4.98 Å². The van der Waals surface area contributed by atoms with Gasteiger partial charge in [0.1, 0.15) is 5.65 Å². The Balaban J connectivity index is 1.47. The van der Waals surface area contributed by atoms with Crippen molar-refractivity contribution in [2.24, 2.45) is 0 Å². The third kappa shape index (κ3) is 1.89. The molecule has 0 saturated heterocycles. The minimum atomic E-state index is 0.977. The highest BCUT2D eigenvalue weighted by atomic mass is 15.0. The van der Waals surface area contributed by atoms with E-state index < -0.39 is 0 Å². The van der Waals surface area contributed by atoms with Gasteiger partial charge in [0.2, 0.25) is 0 Å². The van der Waals surface area contributed by atoms with Gasteiger partial charge < -0.3 is 0 Å². The summed E-state index contributed by atoms with van der Waals surface area (Å²) >= 11 is 0. The van der Waals surface area contributed by atoms with Crippen LogP contribution in [0.3, 0.4) is 0 Å². The standard InChI is InChI=1S/C28H17N3/c1-2-5-19-16(4-1)12-17-7-8-20-21-15-23-24(14-18(21)13-22(20)26(17)19)28-30-10-11-31(28)25-6-3-9-29-27(23)25/h1-11,14-15H,12-13H2. The van der Waals surface area contributed by atoms with Crippen molar-refractivity contribution in [3.63, 3.8) is 0 Å². The molecule has 0 radical (unpaired) electrons. The molecule has 0 saturated carbocycles. The normalized spacial score (nSPS) is 13.5. The highest BCUT2D eigenvalue weighted by molar-refractivity contribution is 6.12. The summed E-state index contributed by atoms with van der Waals surface area (Å²) in [5.74, 6) is 0. The molecular formula is C28H17N3. The van der Waals surface area contributed by atoms with Crippen LogP contribution in [0.15, 0.2) is 79.3 Å². The van der Waals surface area contributed by atoms with Crippen LogP contribution in [0.4, 0.5) is 0 Å². The van der Waals surface area contributed by atoms with Crippen molar-refractivity contribution in [1.82, 2.24) is 14.4 Å². The molecule has 0 bridgehead atoms. The smallest absolute Gasteiger partial charge is 0.145 e. The van der Waals surface area contributed by atoms with E-state index in [1.54, 1.807) is 0 Å². The SMILES string of the molecule is c1ccc2c(c1)Cc1ccc3c(c1-2)Cc1cc2c(cc1-3)c1ncccc1n1ccnc21. The number of nitrogens with zero attached hydrogens (tertiary/aromatic N) is 3. The lowest BCUT2D eigenvalue weighted by molar-refractivity contribution is 1.23. The van der Waals surface area contributed by atoms with E-state index in [9.17, 15) is 0 Å². The first-order valence-electron chi connectivity index (χ1n) is 10.8. The summed E-state index contributed by atoms with van der Waals surface area (Å²) in [6.07, 6.45) is 7.82. The van der Waals surface area contributed by atoms with Crippen LogP contribution in [-0.4, -0.2) is 14.4 Å². The van der Waals surface area contributed by atoms with Crippen molar-refractivity contribution in [2.45, 2.75) is 12.8 Å². The zero-order valence-electron chi connectivity index (χ0n) is 16.8. The molecule has 0 atom stereocenters. The Morgan fingerprint density at radius 1 is 0.677 bits per heavy atom. The van der Waals surface area contributed by atoms with Crippen molar-refractivity contribution >= 4 is 27.5 Å². The van der Waals surface area contributed by atoms with E-state index in [0.717, 1.165) is 29.5 Å². The molecule has 144 valence electrons. The van der Waals surface area contributed by atoms with Crippen LogP contribution in [0.2, 0.25) is 0 Å². The molecule has 0 unspecified atom stereocenters. The fraction of sp³-hybridized carbons (Fsp3) is 0.0714. The Bertz CT molecular complexity index is 1740. The second-order valence-corrected chi connectivity index (χ2v) is 8.68. The van der Waals surface area contributed by atoms with Crippen LogP contribution in [0.5, 0.6) is 0 Å². The average molecular weight is 395 g/mol. The fourth-order valence-electron chi connectivity index (χ4n) is 5.85. The minimum absolute atomic E-state index is 0.977. The molecule has 31 heavy (non-hydrogen) atoms. The molecule has 3 heteroatoms. The van der Waals surface area contributed by atoms with Crippen LogP contribution < -0.4 is 0 Å². The van der Waals surface area contributed by atoms with Crippen molar-refractivity contribution in [2.75, 3.05) is 0 Å². The van der Waals surface area contributed by atoms with E-state index in [-0.39, 0.29) is 0 Å². The molecule has 8 rings (SSSR count).